The minimum atomic E-state index is -0.492. The molecule has 0 saturated heterocycles. The zero-order valence-corrected chi connectivity index (χ0v) is 13.9. The highest BCUT2D eigenvalue weighted by Gasteiger charge is 2.16. The van der Waals surface area contributed by atoms with E-state index in [1.165, 1.54) is 6.21 Å². The van der Waals surface area contributed by atoms with Crippen molar-refractivity contribution in [1.82, 2.24) is 4.57 Å². The lowest BCUT2D eigenvalue weighted by atomic mass is 10.1. The summed E-state index contributed by atoms with van der Waals surface area (Å²) in [5, 5.41) is 19.5. The third-order valence-electron chi connectivity index (χ3n) is 3.65. The summed E-state index contributed by atoms with van der Waals surface area (Å²) in [6.45, 7) is 6.12. The maximum absolute atomic E-state index is 12.1. The fourth-order valence-corrected chi connectivity index (χ4v) is 2.35. The minimum Gasteiger partial charge on any atom is -0.494 e. The van der Waals surface area contributed by atoms with Crippen molar-refractivity contribution in [1.29, 1.82) is 5.26 Å². The number of nitriles is 1. The van der Waals surface area contributed by atoms with E-state index in [-0.39, 0.29) is 18.0 Å². The normalized spacial score (nSPS) is 10.8. The number of aliphatic imine (C=N–C) groups is 1. The Morgan fingerprint density at radius 1 is 1.33 bits per heavy atom. The van der Waals surface area contributed by atoms with Crippen LogP contribution >= 0.6 is 0 Å². The van der Waals surface area contributed by atoms with E-state index < -0.39 is 5.56 Å². The second-order valence-corrected chi connectivity index (χ2v) is 5.08. The van der Waals surface area contributed by atoms with Crippen LogP contribution in [0.2, 0.25) is 0 Å². The van der Waals surface area contributed by atoms with Gasteiger partial charge in [-0.3, -0.25) is 14.4 Å². The van der Waals surface area contributed by atoms with Gasteiger partial charge in [-0.1, -0.05) is 0 Å². The predicted octanol–water partition coefficient (Wildman–Crippen LogP) is 2.90. The van der Waals surface area contributed by atoms with Gasteiger partial charge < -0.3 is 9.84 Å². The fraction of sp³-hybridized carbons (Fsp3) is 0.278. The van der Waals surface area contributed by atoms with E-state index >= 15 is 0 Å². The molecule has 0 spiro atoms. The molecule has 0 bridgehead atoms. The number of rotatable bonds is 5. The Kier molecular flexibility index (Phi) is 5.38. The van der Waals surface area contributed by atoms with E-state index in [4.69, 9.17) is 4.74 Å². The lowest BCUT2D eigenvalue weighted by Crippen LogP contribution is -2.24. The molecule has 1 heterocycles. The molecular weight excluding hydrogens is 306 g/mol. The molecule has 0 amide bonds. The van der Waals surface area contributed by atoms with Crippen LogP contribution in [-0.4, -0.2) is 22.5 Å². The fourth-order valence-electron chi connectivity index (χ4n) is 2.35. The SMILES string of the molecule is CCOc1ccc(N=Cc2c(C)c(C#N)c(=O)n(CC)c2O)cc1. The Balaban J connectivity index is 2.45. The minimum absolute atomic E-state index is 0.0165. The number of pyridine rings is 1. The van der Waals surface area contributed by atoms with Crippen LogP contribution in [-0.2, 0) is 6.54 Å². The van der Waals surface area contributed by atoms with Gasteiger partial charge in [0.15, 0.2) is 0 Å². The van der Waals surface area contributed by atoms with Gasteiger partial charge in [-0.05, 0) is 50.6 Å². The maximum Gasteiger partial charge on any atom is 0.271 e. The van der Waals surface area contributed by atoms with Crippen molar-refractivity contribution in [3.05, 3.63) is 51.3 Å². The molecule has 0 unspecified atom stereocenters. The van der Waals surface area contributed by atoms with Crippen molar-refractivity contribution in [3.8, 4) is 17.7 Å². The van der Waals surface area contributed by atoms with Crippen LogP contribution in [0.25, 0.3) is 0 Å². The van der Waals surface area contributed by atoms with Crippen molar-refractivity contribution in [2.24, 2.45) is 4.99 Å². The summed E-state index contributed by atoms with van der Waals surface area (Å²) >= 11 is 0. The molecule has 24 heavy (non-hydrogen) atoms. The molecule has 0 aliphatic rings. The molecule has 0 atom stereocenters. The summed E-state index contributed by atoms with van der Waals surface area (Å²) in [7, 11) is 0. The molecule has 0 aliphatic heterocycles. The molecule has 0 radical (unpaired) electrons. The van der Waals surface area contributed by atoms with Crippen molar-refractivity contribution < 1.29 is 9.84 Å². The highest BCUT2D eigenvalue weighted by atomic mass is 16.5. The van der Waals surface area contributed by atoms with Gasteiger partial charge >= 0.3 is 0 Å². The van der Waals surface area contributed by atoms with Gasteiger partial charge in [-0.15, -0.1) is 0 Å². The lowest BCUT2D eigenvalue weighted by Gasteiger charge is -2.12. The topological polar surface area (TPSA) is 87.6 Å². The first-order chi connectivity index (χ1) is 11.5. The van der Waals surface area contributed by atoms with E-state index in [2.05, 4.69) is 4.99 Å². The van der Waals surface area contributed by atoms with Crippen molar-refractivity contribution >= 4 is 11.9 Å². The Morgan fingerprint density at radius 3 is 2.54 bits per heavy atom. The molecular formula is C18H19N3O3. The maximum atomic E-state index is 12.1. The number of hydrogen-bond acceptors (Lipinski definition) is 5. The molecule has 1 aromatic carbocycles. The molecule has 6 nitrogen and oxygen atoms in total. The highest BCUT2D eigenvalue weighted by molar-refractivity contribution is 5.87. The second-order valence-electron chi connectivity index (χ2n) is 5.08. The first kappa shape index (κ1) is 17.3. The van der Waals surface area contributed by atoms with E-state index in [0.717, 1.165) is 10.3 Å². The second kappa shape index (κ2) is 7.47. The van der Waals surface area contributed by atoms with E-state index in [9.17, 15) is 15.2 Å². The average Bonchev–Trinajstić information content (AvgIpc) is 2.57. The van der Waals surface area contributed by atoms with Crippen LogP contribution in [0.5, 0.6) is 11.6 Å². The summed E-state index contributed by atoms with van der Waals surface area (Å²) in [4.78, 5) is 16.4. The van der Waals surface area contributed by atoms with Crippen LogP contribution in [0.15, 0.2) is 34.1 Å². The molecule has 6 heteroatoms. The number of hydrogen-bond donors (Lipinski definition) is 1. The molecule has 0 fully saturated rings. The predicted molar refractivity (Wildman–Crippen MR) is 92.4 cm³/mol. The van der Waals surface area contributed by atoms with Gasteiger partial charge in [-0.2, -0.15) is 5.26 Å². The quantitative estimate of drug-likeness (QED) is 0.856. The zero-order valence-electron chi connectivity index (χ0n) is 13.9. The highest BCUT2D eigenvalue weighted by Crippen LogP contribution is 2.22. The number of nitrogens with zero attached hydrogens (tertiary/aromatic N) is 3. The Hall–Kier alpha value is -3.07. The van der Waals surface area contributed by atoms with Crippen LogP contribution in [0.3, 0.4) is 0 Å². The van der Waals surface area contributed by atoms with Crippen LogP contribution in [0, 0.1) is 18.3 Å². The molecule has 0 saturated carbocycles. The van der Waals surface area contributed by atoms with Gasteiger partial charge in [0.05, 0.1) is 17.9 Å². The van der Waals surface area contributed by atoms with E-state index in [0.29, 0.717) is 23.4 Å². The third kappa shape index (κ3) is 3.30. The summed E-state index contributed by atoms with van der Waals surface area (Å²) in [5.74, 6) is 0.565. The summed E-state index contributed by atoms with van der Waals surface area (Å²) in [6.07, 6.45) is 1.47. The Labute approximate surface area is 140 Å². The lowest BCUT2D eigenvalue weighted by molar-refractivity contribution is 0.340. The number of benzene rings is 1. The number of aromatic nitrogens is 1. The van der Waals surface area contributed by atoms with Crippen LogP contribution < -0.4 is 10.3 Å². The van der Waals surface area contributed by atoms with Gasteiger partial charge in [0.25, 0.3) is 5.56 Å². The Morgan fingerprint density at radius 2 is 2.00 bits per heavy atom. The monoisotopic (exact) mass is 325 g/mol. The summed E-state index contributed by atoms with van der Waals surface area (Å²) in [6, 6.07) is 9.08. The zero-order chi connectivity index (χ0) is 17.7. The molecule has 0 aliphatic carbocycles. The molecule has 124 valence electrons. The molecule has 1 aromatic heterocycles. The first-order valence-electron chi connectivity index (χ1n) is 7.66. The smallest absolute Gasteiger partial charge is 0.271 e. The van der Waals surface area contributed by atoms with Gasteiger partial charge in [-0.25, -0.2) is 0 Å². The van der Waals surface area contributed by atoms with Crippen molar-refractivity contribution in [2.75, 3.05) is 6.61 Å². The molecule has 2 rings (SSSR count). The van der Waals surface area contributed by atoms with Crippen molar-refractivity contribution in [2.45, 2.75) is 27.3 Å². The largest absolute Gasteiger partial charge is 0.494 e. The van der Waals surface area contributed by atoms with Gasteiger partial charge in [0.1, 0.15) is 17.4 Å². The van der Waals surface area contributed by atoms with Crippen molar-refractivity contribution in [3.63, 3.8) is 0 Å². The molecule has 2 aromatic rings. The average molecular weight is 325 g/mol. The first-order valence-corrected chi connectivity index (χ1v) is 7.66. The number of aromatic hydroxyl groups is 1. The summed E-state index contributed by atoms with van der Waals surface area (Å²) in [5.41, 5.74) is 0.974. The van der Waals surface area contributed by atoms with E-state index in [1.54, 1.807) is 38.1 Å². The number of ether oxygens (including phenoxy) is 1. The van der Waals surface area contributed by atoms with Gasteiger partial charge in [0, 0.05) is 12.8 Å². The van der Waals surface area contributed by atoms with Crippen LogP contribution in [0.1, 0.15) is 30.5 Å². The van der Waals surface area contributed by atoms with Crippen LogP contribution in [0.4, 0.5) is 5.69 Å². The van der Waals surface area contributed by atoms with Gasteiger partial charge in [0.2, 0.25) is 5.88 Å². The molecule has 1 N–H and O–H groups in total. The third-order valence-corrected chi connectivity index (χ3v) is 3.65. The van der Waals surface area contributed by atoms with E-state index in [1.807, 2.05) is 13.0 Å². The Bertz CT molecular complexity index is 859. The standard InChI is InChI=1S/C18H19N3O3/c1-4-21-17(22)15(10-19)12(3)16(18(21)23)11-20-13-6-8-14(9-7-13)24-5-2/h6-9,11,23H,4-5H2,1-3H3. The summed E-state index contributed by atoms with van der Waals surface area (Å²) < 4.78 is 6.53.